The topological polar surface area (TPSA) is 0 Å². The van der Waals surface area contributed by atoms with Gasteiger partial charge in [-0.25, -0.2) is 0 Å². The largest absolute Gasteiger partial charge is 0.371 e. The maximum Gasteiger partial charge on any atom is 0.371 e. The van der Waals surface area contributed by atoms with E-state index in [1.54, 1.807) is 0 Å². The molecule has 0 amide bonds. The first-order valence-corrected chi connectivity index (χ1v) is 6.63. The number of hydrogen-bond donors (Lipinski definition) is 0. The van der Waals surface area contributed by atoms with Gasteiger partial charge >= 0.3 is 7.57 Å². The fourth-order valence-electron chi connectivity index (χ4n) is 1.05. The standard InChI is InChI=1S/C10H15BP/c1-9(2)12(3,11)10-7-5-4-6-8-10/h4-9H,1-3H3/q+1. The predicted molar refractivity (Wildman–Crippen MR) is 59.8 cm³/mol. The van der Waals surface area contributed by atoms with Crippen molar-refractivity contribution in [3.8, 4) is 0 Å². The molecule has 0 nitrogen and oxygen atoms in total. The van der Waals surface area contributed by atoms with Crippen molar-refractivity contribution in [2.45, 2.75) is 19.5 Å². The highest BCUT2D eigenvalue weighted by Gasteiger charge is 2.31. The van der Waals surface area contributed by atoms with Crippen LogP contribution in [0.3, 0.4) is 0 Å². The summed E-state index contributed by atoms with van der Waals surface area (Å²) in [5, 5.41) is 1.32. The van der Waals surface area contributed by atoms with Crippen LogP contribution in [0, 0.1) is 0 Å². The van der Waals surface area contributed by atoms with Crippen molar-refractivity contribution in [2.24, 2.45) is 0 Å². The van der Waals surface area contributed by atoms with Crippen LogP contribution >= 0.6 is 7.14 Å². The Hall–Kier alpha value is -0.285. The predicted octanol–water partition coefficient (Wildman–Crippen LogP) is 2.45. The molecule has 2 radical (unpaired) electrons. The summed E-state index contributed by atoms with van der Waals surface area (Å²) in [6, 6.07) is 10.4. The molecule has 0 aromatic heterocycles. The lowest BCUT2D eigenvalue weighted by Crippen LogP contribution is -2.17. The van der Waals surface area contributed by atoms with Crippen LogP contribution in [0.4, 0.5) is 0 Å². The molecule has 0 N–H and O–H groups in total. The van der Waals surface area contributed by atoms with Crippen molar-refractivity contribution in [1.82, 2.24) is 0 Å². The van der Waals surface area contributed by atoms with Crippen LogP contribution in [0.2, 0.25) is 0 Å². The number of benzene rings is 1. The highest BCUT2D eigenvalue weighted by atomic mass is 31.2. The first-order valence-electron chi connectivity index (χ1n) is 4.25. The third-order valence-electron chi connectivity index (χ3n) is 2.39. The molecule has 0 aliphatic heterocycles. The van der Waals surface area contributed by atoms with Gasteiger partial charge in [-0.15, -0.1) is 0 Å². The van der Waals surface area contributed by atoms with E-state index in [-0.39, 0.29) is 0 Å². The lowest BCUT2D eigenvalue weighted by atomic mass is 10.4. The van der Waals surface area contributed by atoms with E-state index < -0.39 is 7.14 Å². The second-order valence-electron chi connectivity index (χ2n) is 3.58. The van der Waals surface area contributed by atoms with Gasteiger partial charge in [0.15, 0.2) is 0 Å². The molecule has 0 saturated heterocycles. The average Bonchev–Trinajstić information content (AvgIpc) is 2.06. The molecular weight excluding hydrogens is 162 g/mol. The summed E-state index contributed by atoms with van der Waals surface area (Å²) in [5.41, 5.74) is 0.569. The lowest BCUT2D eigenvalue weighted by molar-refractivity contribution is 1.09. The minimum absolute atomic E-state index is 0.569. The Kier molecular flexibility index (Phi) is 2.96. The molecule has 0 heterocycles. The molecule has 0 bridgehead atoms. The van der Waals surface area contributed by atoms with Gasteiger partial charge in [-0.2, -0.15) is 0 Å². The molecule has 0 fully saturated rings. The minimum Gasteiger partial charge on any atom is -0.0620 e. The van der Waals surface area contributed by atoms with E-state index in [2.05, 4.69) is 44.8 Å². The molecule has 0 saturated carbocycles. The molecule has 0 aliphatic rings. The average molecular weight is 177 g/mol. The van der Waals surface area contributed by atoms with E-state index >= 15 is 0 Å². The van der Waals surface area contributed by atoms with Gasteiger partial charge in [-0.3, -0.25) is 0 Å². The molecule has 0 aliphatic carbocycles. The maximum absolute atomic E-state index is 6.29. The second kappa shape index (κ2) is 3.62. The van der Waals surface area contributed by atoms with Crippen LogP contribution in [0.15, 0.2) is 30.3 Å². The van der Waals surface area contributed by atoms with E-state index in [1.165, 1.54) is 5.30 Å². The smallest absolute Gasteiger partial charge is 0.0620 e. The quantitative estimate of drug-likeness (QED) is 0.480. The summed E-state index contributed by atoms with van der Waals surface area (Å²) in [4.78, 5) is 0. The zero-order valence-corrected chi connectivity index (χ0v) is 8.88. The van der Waals surface area contributed by atoms with Gasteiger partial charge in [0.1, 0.15) is 0 Å². The Morgan fingerprint density at radius 1 is 1.17 bits per heavy atom. The fourth-order valence-corrected chi connectivity index (χ4v) is 2.46. The first-order chi connectivity index (χ1) is 5.55. The monoisotopic (exact) mass is 177 g/mol. The Morgan fingerprint density at radius 3 is 2.08 bits per heavy atom. The van der Waals surface area contributed by atoms with Gasteiger partial charge in [0.05, 0.1) is 11.0 Å². The van der Waals surface area contributed by atoms with Crippen LogP contribution in [0.25, 0.3) is 0 Å². The zero-order chi connectivity index (χ0) is 9.19. The highest BCUT2D eigenvalue weighted by molar-refractivity contribution is 8.03. The maximum atomic E-state index is 6.29. The molecule has 1 atom stereocenters. The minimum atomic E-state index is -1.37. The van der Waals surface area contributed by atoms with Gasteiger partial charge in [-0.05, 0) is 33.1 Å². The van der Waals surface area contributed by atoms with Gasteiger partial charge in [0.25, 0.3) is 0 Å². The Bertz CT molecular complexity index is 241. The number of rotatable bonds is 2. The van der Waals surface area contributed by atoms with Gasteiger partial charge in [0.2, 0.25) is 0 Å². The van der Waals surface area contributed by atoms with Crippen molar-refractivity contribution in [1.29, 1.82) is 0 Å². The number of hydrogen-bond acceptors (Lipinski definition) is 0. The molecule has 1 rings (SSSR count). The van der Waals surface area contributed by atoms with Crippen molar-refractivity contribution >= 4 is 20.0 Å². The second-order valence-corrected chi connectivity index (χ2v) is 7.42. The van der Waals surface area contributed by atoms with Crippen molar-refractivity contribution < 1.29 is 0 Å². The Morgan fingerprint density at radius 2 is 1.67 bits per heavy atom. The summed E-state index contributed by atoms with van der Waals surface area (Å²) < 4.78 is 0. The summed E-state index contributed by atoms with van der Waals surface area (Å²) in [7, 11) is 4.93. The van der Waals surface area contributed by atoms with Crippen LogP contribution in [0.5, 0.6) is 0 Å². The van der Waals surface area contributed by atoms with Gasteiger partial charge in [0, 0.05) is 6.66 Å². The van der Waals surface area contributed by atoms with Gasteiger partial charge < -0.3 is 0 Å². The fraction of sp³-hybridized carbons (Fsp3) is 0.400. The van der Waals surface area contributed by atoms with Crippen molar-refractivity contribution in [3.63, 3.8) is 0 Å². The Labute approximate surface area is 77.1 Å². The summed E-state index contributed by atoms with van der Waals surface area (Å²) >= 11 is 0. The SMILES string of the molecule is [B][P+](C)(c1ccccc1)C(C)C. The highest BCUT2D eigenvalue weighted by Crippen LogP contribution is 2.52. The zero-order valence-electron chi connectivity index (χ0n) is 7.99. The molecule has 1 aromatic rings. The van der Waals surface area contributed by atoms with Crippen LogP contribution in [-0.4, -0.2) is 19.9 Å². The molecule has 62 valence electrons. The molecule has 2 heteroatoms. The molecular formula is C10H15BP+. The van der Waals surface area contributed by atoms with E-state index in [1.807, 2.05) is 6.07 Å². The van der Waals surface area contributed by atoms with E-state index in [4.69, 9.17) is 7.57 Å². The molecule has 1 unspecified atom stereocenters. The van der Waals surface area contributed by atoms with Crippen LogP contribution < -0.4 is 5.30 Å². The summed E-state index contributed by atoms with van der Waals surface area (Å²) in [6.07, 6.45) is 0. The van der Waals surface area contributed by atoms with E-state index in [9.17, 15) is 0 Å². The third-order valence-corrected chi connectivity index (χ3v) is 5.94. The summed E-state index contributed by atoms with van der Waals surface area (Å²) in [5.74, 6) is 0. The van der Waals surface area contributed by atoms with E-state index in [0.29, 0.717) is 5.66 Å². The molecule has 0 spiro atoms. The van der Waals surface area contributed by atoms with Gasteiger partial charge in [-0.1, -0.05) is 18.2 Å². The summed E-state index contributed by atoms with van der Waals surface area (Å²) in [6.45, 7) is 6.58. The van der Waals surface area contributed by atoms with Crippen molar-refractivity contribution in [3.05, 3.63) is 30.3 Å². The normalized spacial score (nSPS) is 16.0. The molecule has 1 aromatic carbocycles. The lowest BCUT2D eigenvalue weighted by Gasteiger charge is -2.22. The Balaban J connectivity index is 2.98. The third kappa shape index (κ3) is 1.90. The molecule has 12 heavy (non-hydrogen) atoms. The first kappa shape index (κ1) is 9.80. The van der Waals surface area contributed by atoms with Crippen LogP contribution in [-0.2, 0) is 0 Å². The van der Waals surface area contributed by atoms with E-state index in [0.717, 1.165) is 0 Å². The van der Waals surface area contributed by atoms with Crippen LogP contribution in [0.1, 0.15) is 13.8 Å². The van der Waals surface area contributed by atoms with Crippen molar-refractivity contribution in [2.75, 3.05) is 6.66 Å².